The summed E-state index contributed by atoms with van der Waals surface area (Å²) in [7, 11) is 0. The molecular weight excluding hydrogens is 570 g/mol. The fraction of sp³-hybridized carbons (Fsp3) is 0.371. The Bertz CT molecular complexity index is 1590. The molecule has 1 fully saturated rings. The molecule has 5 rings (SSSR count). The van der Waals surface area contributed by atoms with Gasteiger partial charge in [0, 0.05) is 35.8 Å². The summed E-state index contributed by atoms with van der Waals surface area (Å²) in [6, 6.07) is 23.5. The van der Waals surface area contributed by atoms with Gasteiger partial charge in [0.05, 0.1) is 24.4 Å². The zero-order valence-corrected chi connectivity index (χ0v) is 25.8. The minimum atomic E-state index is -1.12. The molecule has 0 radical (unpaired) electrons. The topological polar surface area (TPSA) is 140 Å². The molecule has 0 saturated carbocycles. The van der Waals surface area contributed by atoms with Gasteiger partial charge in [0.1, 0.15) is 6.04 Å². The minimum Gasteiger partial charge on any atom is -0.374 e. The third-order valence-corrected chi connectivity index (χ3v) is 8.14. The summed E-state index contributed by atoms with van der Waals surface area (Å²) >= 11 is 0. The first-order chi connectivity index (χ1) is 21.7. The van der Waals surface area contributed by atoms with Crippen molar-refractivity contribution in [1.29, 1.82) is 0 Å². The Morgan fingerprint density at radius 1 is 1.02 bits per heavy atom. The molecule has 3 amide bonds. The maximum atomic E-state index is 13.5. The highest BCUT2D eigenvalue weighted by atomic mass is 16.5. The van der Waals surface area contributed by atoms with Gasteiger partial charge in [0.25, 0.3) is 5.91 Å². The predicted octanol–water partition coefficient (Wildman–Crippen LogP) is 4.69. The van der Waals surface area contributed by atoms with Crippen LogP contribution in [0.5, 0.6) is 0 Å². The molecule has 0 bridgehead atoms. The second-order valence-electron chi connectivity index (χ2n) is 12.2. The van der Waals surface area contributed by atoms with E-state index in [-0.39, 0.29) is 18.4 Å². The van der Waals surface area contributed by atoms with Gasteiger partial charge in [-0.3, -0.25) is 14.4 Å². The Balaban J connectivity index is 1.12. The number of nitrogens with zero attached hydrogens (tertiary/aromatic N) is 2. The van der Waals surface area contributed by atoms with Crippen molar-refractivity contribution in [3.05, 3.63) is 95.7 Å². The number of benzene rings is 3. The number of hydrogen-bond donors (Lipinski definition) is 3. The number of fused-ring (bicyclic) bond motifs is 1. The van der Waals surface area contributed by atoms with Crippen molar-refractivity contribution in [2.24, 2.45) is 11.7 Å². The van der Waals surface area contributed by atoms with Crippen LogP contribution in [0.4, 0.5) is 5.69 Å². The van der Waals surface area contributed by atoms with Crippen molar-refractivity contribution in [1.82, 2.24) is 15.4 Å². The van der Waals surface area contributed by atoms with Gasteiger partial charge in [0.15, 0.2) is 5.58 Å². The van der Waals surface area contributed by atoms with Gasteiger partial charge in [-0.15, -0.1) is 0 Å². The smallest absolute Gasteiger partial charge is 0.255 e. The van der Waals surface area contributed by atoms with E-state index in [2.05, 4.69) is 15.8 Å². The lowest BCUT2D eigenvalue weighted by molar-refractivity contribution is -0.140. The van der Waals surface area contributed by atoms with E-state index in [1.807, 2.05) is 65.6 Å². The summed E-state index contributed by atoms with van der Waals surface area (Å²) in [6.45, 7) is 4.83. The first-order valence-electron chi connectivity index (χ1n) is 15.4. The maximum absolute atomic E-state index is 13.5. The Labute approximate surface area is 263 Å². The van der Waals surface area contributed by atoms with Gasteiger partial charge in [-0.1, -0.05) is 53.7 Å². The molecule has 4 aromatic rings. The van der Waals surface area contributed by atoms with Gasteiger partial charge in [-0.2, -0.15) is 0 Å². The van der Waals surface area contributed by atoms with Crippen molar-refractivity contribution in [3.63, 3.8) is 0 Å². The van der Waals surface area contributed by atoms with Gasteiger partial charge in [-0.05, 0) is 75.3 Å². The highest BCUT2D eigenvalue weighted by Crippen LogP contribution is 2.27. The molecule has 1 atom stereocenters. The average Bonchev–Trinajstić information content (AvgIpc) is 3.45. The Hall–Kier alpha value is -4.54. The SMILES string of the molecule is CC(C)(N)C(=O)NC(COCc1ccccc1)C(=O)N1CCC(CCc2noc3cc(NC(=O)c4ccccc4)ccc23)CC1. The predicted molar refractivity (Wildman–Crippen MR) is 172 cm³/mol. The number of hydrogen-bond acceptors (Lipinski definition) is 7. The van der Waals surface area contributed by atoms with E-state index in [4.69, 9.17) is 15.0 Å². The molecule has 4 N–H and O–H groups in total. The molecule has 10 nitrogen and oxygen atoms in total. The molecule has 1 unspecified atom stereocenters. The third-order valence-electron chi connectivity index (χ3n) is 8.14. The number of anilines is 1. The summed E-state index contributed by atoms with van der Waals surface area (Å²) < 4.78 is 11.4. The number of rotatable bonds is 12. The number of piperidine rings is 1. The van der Waals surface area contributed by atoms with Crippen LogP contribution in [0.3, 0.4) is 0 Å². The van der Waals surface area contributed by atoms with E-state index in [1.165, 1.54) is 0 Å². The normalized spacial score (nSPS) is 14.7. The highest BCUT2D eigenvalue weighted by Gasteiger charge is 2.32. The highest BCUT2D eigenvalue weighted by molar-refractivity contribution is 6.05. The molecule has 0 spiro atoms. The second-order valence-corrected chi connectivity index (χ2v) is 12.2. The van der Waals surface area contributed by atoms with E-state index in [0.717, 1.165) is 42.3 Å². The molecule has 1 aliphatic heterocycles. The van der Waals surface area contributed by atoms with Crippen molar-refractivity contribution < 1.29 is 23.6 Å². The fourth-order valence-corrected chi connectivity index (χ4v) is 5.43. The number of aromatic nitrogens is 1. The van der Waals surface area contributed by atoms with Gasteiger partial charge in [0.2, 0.25) is 11.8 Å². The Morgan fingerprint density at radius 2 is 1.71 bits per heavy atom. The number of likely N-dealkylation sites (tertiary alicyclic amines) is 1. The summed E-state index contributed by atoms with van der Waals surface area (Å²) in [4.78, 5) is 40.5. The Kier molecular flexibility index (Phi) is 10.3. The molecule has 45 heavy (non-hydrogen) atoms. The number of carbonyl (C=O) groups excluding carboxylic acids is 3. The van der Waals surface area contributed by atoms with Gasteiger partial charge in [-0.25, -0.2) is 0 Å². The molecule has 3 aromatic carbocycles. The molecular formula is C35H41N5O5. The van der Waals surface area contributed by atoms with E-state index < -0.39 is 17.5 Å². The lowest BCUT2D eigenvalue weighted by Gasteiger charge is -2.35. The molecule has 2 heterocycles. The monoisotopic (exact) mass is 611 g/mol. The van der Waals surface area contributed by atoms with Crippen LogP contribution in [0.15, 0.2) is 83.4 Å². The number of carbonyl (C=O) groups is 3. The van der Waals surface area contributed by atoms with E-state index in [1.54, 1.807) is 32.0 Å². The number of aryl methyl sites for hydroxylation is 1. The lowest BCUT2D eigenvalue weighted by atomic mass is 9.91. The van der Waals surface area contributed by atoms with Crippen LogP contribution in [0.25, 0.3) is 11.0 Å². The van der Waals surface area contributed by atoms with Gasteiger partial charge < -0.3 is 30.5 Å². The zero-order valence-electron chi connectivity index (χ0n) is 25.8. The summed E-state index contributed by atoms with van der Waals surface area (Å²) in [6.07, 6.45) is 3.37. The average molecular weight is 612 g/mol. The molecule has 0 aliphatic carbocycles. The van der Waals surface area contributed by atoms with E-state index in [0.29, 0.717) is 42.4 Å². The van der Waals surface area contributed by atoms with Crippen LogP contribution < -0.4 is 16.4 Å². The summed E-state index contributed by atoms with van der Waals surface area (Å²) in [5.41, 5.74) is 8.60. The van der Waals surface area contributed by atoms with Crippen LogP contribution >= 0.6 is 0 Å². The third kappa shape index (κ3) is 8.55. The van der Waals surface area contributed by atoms with E-state index >= 15 is 0 Å². The first kappa shape index (κ1) is 31.9. The molecule has 10 heteroatoms. The number of amides is 3. The second kappa shape index (κ2) is 14.5. The molecule has 1 aromatic heterocycles. The quantitative estimate of drug-likeness (QED) is 0.211. The van der Waals surface area contributed by atoms with Crippen molar-refractivity contribution in [3.8, 4) is 0 Å². The van der Waals surface area contributed by atoms with Crippen molar-refractivity contribution in [2.45, 2.75) is 57.7 Å². The number of ether oxygens (including phenoxy) is 1. The number of nitrogens with one attached hydrogen (secondary N) is 2. The standard InChI is InChI=1S/C35H41N5O5/c1-35(2,36)34(43)38-30(23-44-22-25-9-5-3-6-10-25)33(42)40-19-17-24(18-20-40)13-16-29-28-15-14-27(21-31(28)45-39-29)37-32(41)26-11-7-4-8-12-26/h3-12,14-15,21,24,30H,13,16-20,22-23,36H2,1-2H3,(H,37,41)(H,38,43). The largest absolute Gasteiger partial charge is 0.374 e. The summed E-state index contributed by atoms with van der Waals surface area (Å²) in [5, 5.41) is 11.0. The summed E-state index contributed by atoms with van der Waals surface area (Å²) in [5.74, 6) is -0.312. The van der Waals surface area contributed by atoms with Crippen molar-refractivity contribution >= 4 is 34.4 Å². The first-order valence-corrected chi connectivity index (χ1v) is 15.4. The molecule has 1 aliphatic rings. The number of nitrogens with two attached hydrogens (primary N) is 1. The van der Waals surface area contributed by atoms with E-state index in [9.17, 15) is 14.4 Å². The Morgan fingerprint density at radius 3 is 2.40 bits per heavy atom. The fourth-order valence-electron chi connectivity index (χ4n) is 5.43. The minimum absolute atomic E-state index is 0.0619. The van der Waals surface area contributed by atoms with Crippen LogP contribution in [0, 0.1) is 5.92 Å². The molecule has 1 saturated heterocycles. The zero-order chi connectivity index (χ0) is 31.8. The lowest BCUT2D eigenvalue weighted by Crippen LogP contribution is -2.58. The van der Waals surface area contributed by atoms with Crippen LogP contribution in [0.1, 0.15) is 54.7 Å². The van der Waals surface area contributed by atoms with Crippen LogP contribution in [-0.2, 0) is 27.4 Å². The van der Waals surface area contributed by atoms with Crippen LogP contribution in [0.2, 0.25) is 0 Å². The maximum Gasteiger partial charge on any atom is 0.255 e. The van der Waals surface area contributed by atoms with Gasteiger partial charge >= 0.3 is 0 Å². The van der Waals surface area contributed by atoms with Crippen molar-refractivity contribution in [2.75, 3.05) is 25.0 Å². The van der Waals surface area contributed by atoms with Crippen LogP contribution in [-0.4, -0.2) is 59.1 Å². The molecule has 236 valence electrons.